The Morgan fingerprint density at radius 1 is 0.943 bits per heavy atom. The fourth-order valence-electron chi connectivity index (χ4n) is 5.35. The van der Waals surface area contributed by atoms with Gasteiger partial charge in [-0.2, -0.15) is 5.26 Å². The molecule has 5 aromatic rings. The minimum absolute atomic E-state index is 0.655. The Kier molecular flexibility index (Phi) is 5.35. The largest absolute Gasteiger partial charge is 0.346 e. The molecule has 6 rings (SSSR count). The molecule has 1 aliphatic rings. The third kappa shape index (κ3) is 3.88. The second-order valence-corrected chi connectivity index (χ2v) is 9.75. The fraction of sp³-hybridized carbons (Fsp3) is 0.276. The van der Waals surface area contributed by atoms with Gasteiger partial charge in [0, 0.05) is 54.1 Å². The summed E-state index contributed by atoms with van der Waals surface area (Å²) in [5.41, 5.74) is 6.82. The van der Waals surface area contributed by atoms with E-state index in [0.717, 1.165) is 58.6 Å². The third-order valence-corrected chi connectivity index (χ3v) is 7.40. The lowest BCUT2D eigenvalue weighted by Crippen LogP contribution is -2.31. The SMILES string of the molecule is CN1CCC(Cn2ccc3c(-c4ccc(C#N)cc4)c(-c4cnc5c(ccn5C)c4)ncc32)CC1. The molecule has 0 spiro atoms. The minimum atomic E-state index is 0.655. The number of nitriles is 1. The molecule has 0 N–H and O–H groups in total. The van der Waals surface area contributed by atoms with Crippen LogP contribution >= 0.6 is 0 Å². The molecular weight excluding hydrogens is 432 g/mol. The van der Waals surface area contributed by atoms with Gasteiger partial charge in [-0.1, -0.05) is 12.1 Å². The van der Waals surface area contributed by atoms with E-state index in [9.17, 15) is 5.26 Å². The Labute approximate surface area is 205 Å². The van der Waals surface area contributed by atoms with Crippen molar-refractivity contribution < 1.29 is 0 Å². The van der Waals surface area contributed by atoms with Crippen molar-refractivity contribution in [1.29, 1.82) is 5.26 Å². The van der Waals surface area contributed by atoms with Gasteiger partial charge in [-0.25, -0.2) is 4.98 Å². The fourth-order valence-corrected chi connectivity index (χ4v) is 5.35. The number of pyridine rings is 2. The van der Waals surface area contributed by atoms with Gasteiger partial charge in [0.25, 0.3) is 0 Å². The highest BCUT2D eigenvalue weighted by Gasteiger charge is 2.20. The summed E-state index contributed by atoms with van der Waals surface area (Å²) in [4.78, 5) is 12.1. The van der Waals surface area contributed by atoms with Crippen LogP contribution in [-0.2, 0) is 13.6 Å². The average molecular weight is 461 g/mol. The Bertz CT molecular complexity index is 1560. The van der Waals surface area contributed by atoms with Gasteiger partial charge in [0.15, 0.2) is 0 Å². The van der Waals surface area contributed by atoms with Gasteiger partial charge in [-0.15, -0.1) is 0 Å². The molecule has 35 heavy (non-hydrogen) atoms. The standard InChI is InChI=1S/C29H28N6/c1-33-11-7-21(8-12-33)19-35-14-10-25-26(35)18-31-28(27(25)22-5-3-20(16-30)4-6-22)24-15-23-9-13-34(2)29(23)32-17-24/h3-6,9-10,13-15,17-18,21H,7-8,11-12,19H2,1-2H3. The van der Waals surface area contributed by atoms with Crippen LogP contribution in [0.25, 0.3) is 44.3 Å². The van der Waals surface area contributed by atoms with Crippen LogP contribution in [0, 0.1) is 17.2 Å². The molecule has 6 nitrogen and oxygen atoms in total. The number of nitrogens with zero attached hydrogens (tertiary/aromatic N) is 6. The smallest absolute Gasteiger partial charge is 0.139 e. The second kappa shape index (κ2) is 8.68. The van der Waals surface area contributed by atoms with Crippen LogP contribution in [0.1, 0.15) is 18.4 Å². The molecule has 6 heteroatoms. The van der Waals surface area contributed by atoms with Crippen LogP contribution in [0.4, 0.5) is 0 Å². The molecule has 0 amide bonds. The van der Waals surface area contributed by atoms with E-state index < -0.39 is 0 Å². The number of hydrogen-bond acceptors (Lipinski definition) is 4. The minimum Gasteiger partial charge on any atom is -0.346 e. The molecule has 1 fully saturated rings. The van der Waals surface area contributed by atoms with E-state index in [4.69, 9.17) is 9.97 Å². The van der Waals surface area contributed by atoms with Gasteiger partial charge in [0.1, 0.15) is 5.65 Å². The summed E-state index contributed by atoms with van der Waals surface area (Å²) in [6.07, 6.45) is 10.6. The van der Waals surface area contributed by atoms with E-state index in [1.807, 2.05) is 54.5 Å². The van der Waals surface area contributed by atoms with E-state index >= 15 is 0 Å². The Morgan fingerprint density at radius 2 is 1.74 bits per heavy atom. The van der Waals surface area contributed by atoms with Gasteiger partial charge in [-0.05, 0) is 74.8 Å². The molecule has 0 atom stereocenters. The number of rotatable bonds is 4. The first-order chi connectivity index (χ1) is 17.1. The van der Waals surface area contributed by atoms with Crippen molar-refractivity contribution >= 4 is 21.9 Å². The number of benzene rings is 1. The molecule has 0 bridgehead atoms. The molecule has 1 aromatic carbocycles. The normalized spacial score (nSPS) is 15.1. The quantitative estimate of drug-likeness (QED) is 0.357. The van der Waals surface area contributed by atoms with Crippen LogP contribution in [0.5, 0.6) is 0 Å². The summed E-state index contributed by atoms with van der Waals surface area (Å²) in [6, 6.07) is 16.5. The first-order valence-electron chi connectivity index (χ1n) is 12.2. The highest BCUT2D eigenvalue weighted by molar-refractivity contribution is 6.02. The topological polar surface area (TPSA) is 62.7 Å². The lowest BCUT2D eigenvalue weighted by molar-refractivity contribution is 0.206. The molecule has 0 saturated carbocycles. The van der Waals surface area contributed by atoms with Crippen LogP contribution < -0.4 is 0 Å². The molecule has 4 aromatic heterocycles. The summed E-state index contributed by atoms with van der Waals surface area (Å²) < 4.78 is 4.40. The number of fused-ring (bicyclic) bond motifs is 2. The van der Waals surface area contributed by atoms with Gasteiger partial charge in [-0.3, -0.25) is 4.98 Å². The maximum Gasteiger partial charge on any atom is 0.139 e. The molecule has 0 aliphatic carbocycles. The first-order valence-corrected chi connectivity index (χ1v) is 12.2. The lowest BCUT2D eigenvalue weighted by Gasteiger charge is -2.29. The summed E-state index contributed by atoms with van der Waals surface area (Å²) in [7, 11) is 4.22. The van der Waals surface area contributed by atoms with Crippen molar-refractivity contribution in [3.63, 3.8) is 0 Å². The predicted octanol–water partition coefficient (Wildman–Crippen LogP) is 5.47. The van der Waals surface area contributed by atoms with Gasteiger partial charge >= 0.3 is 0 Å². The zero-order valence-electron chi connectivity index (χ0n) is 20.1. The molecule has 1 aliphatic heterocycles. The summed E-state index contributed by atoms with van der Waals surface area (Å²) in [5.74, 6) is 0.685. The lowest BCUT2D eigenvalue weighted by atomic mass is 9.95. The zero-order valence-corrected chi connectivity index (χ0v) is 20.1. The first kappa shape index (κ1) is 21.6. The monoisotopic (exact) mass is 460 g/mol. The summed E-state index contributed by atoms with van der Waals surface area (Å²) >= 11 is 0. The van der Waals surface area contributed by atoms with Crippen molar-refractivity contribution in [2.75, 3.05) is 20.1 Å². The average Bonchev–Trinajstić information content (AvgIpc) is 3.48. The van der Waals surface area contributed by atoms with E-state index in [1.54, 1.807) is 0 Å². The van der Waals surface area contributed by atoms with Crippen LogP contribution in [-0.4, -0.2) is 44.1 Å². The Hall–Kier alpha value is -3.95. The van der Waals surface area contributed by atoms with Gasteiger partial charge < -0.3 is 14.0 Å². The number of piperidine rings is 1. The van der Waals surface area contributed by atoms with E-state index in [1.165, 1.54) is 18.2 Å². The van der Waals surface area contributed by atoms with Crippen molar-refractivity contribution in [2.45, 2.75) is 19.4 Å². The Balaban J connectivity index is 1.49. The maximum atomic E-state index is 9.30. The van der Waals surface area contributed by atoms with Crippen LogP contribution in [0.15, 0.2) is 67.3 Å². The third-order valence-electron chi connectivity index (χ3n) is 7.40. The highest BCUT2D eigenvalue weighted by Crippen LogP contribution is 2.38. The van der Waals surface area contributed by atoms with Crippen molar-refractivity contribution in [1.82, 2.24) is 24.0 Å². The molecule has 174 valence electrons. The van der Waals surface area contributed by atoms with Crippen molar-refractivity contribution in [2.24, 2.45) is 13.0 Å². The van der Waals surface area contributed by atoms with Gasteiger partial charge in [0.2, 0.25) is 0 Å². The maximum absolute atomic E-state index is 9.30. The highest BCUT2D eigenvalue weighted by atomic mass is 15.1. The Morgan fingerprint density at radius 3 is 2.51 bits per heavy atom. The number of hydrogen-bond donors (Lipinski definition) is 0. The predicted molar refractivity (Wildman–Crippen MR) is 140 cm³/mol. The van der Waals surface area contributed by atoms with Crippen molar-refractivity contribution in [3.8, 4) is 28.5 Å². The summed E-state index contributed by atoms with van der Waals surface area (Å²) in [6.45, 7) is 3.35. The zero-order chi connectivity index (χ0) is 23.9. The van der Waals surface area contributed by atoms with E-state index in [2.05, 4.69) is 47.0 Å². The van der Waals surface area contributed by atoms with Crippen LogP contribution in [0.2, 0.25) is 0 Å². The second-order valence-electron chi connectivity index (χ2n) is 9.75. The summed E-state index contributed by atoms with van der Waals surface area (Å²) in [5, 5.41) is 11.6. The molecule has 0 radical (unpaired) electrons. The molecule has 0 unspecified atom stereocenters. The van der Waals surface area contributed by atoms with Crippen molar-refractivity contribution in [3.05, 3.63) is 72.8 Å². The van der Waals surface area contributed by atoms with Gasteiger partial charge in [0.05, 0.1) is 29.0 Å². The number of likely N-dealkylation sites (tertiary alicyclic amines) is 1. The van der Waals surface area contributed by atoms with Crippen LogP contribution in [0.3, 0.4) is 0 Å². The molecule has 5 heterocycles. The molecular formula is C29H28N6. The number of aryl methyl sites for hydroxylation is 1. The van der Waals surface area contributed by atoms with E-state index in [0.29, 0.717) is 11.5 Å². The molecule has 1 saturated heterocycles. The van der Waals surface area contributed by atoms with E-state index in [-0.39, 0.29) is 0 Å². The number of aromatic nitrogens is 4.